The number of ether oxygens (including phenoxy) is 1. The Morgan fingerprint density at radius 2 is 2.19 bits per heavy atom. The van der Waals surface area contributed by atoms with Gasteiger partial charge < -0.3 is 14.6 Å². The lowest BCUT2D eigenvalue weighted by molar-refractivity contribution is 0.103. The lowest BCUT2D eigenvalue weighted by Crippen LogP contribution is -2.22. The summed E-state index contributed by atoms with van der Waals surface area (Å²) in [5.41, 5.74) is 0.351. The molecule has 2 heterocycles. The molecule has 2 rings (SSSR count). The van der Waals surface area contributed by atoms with Crippen LogP contribution in [0.1, 0.15) is 9.67 Å². The van der Waals surface area contributed by atoms with Gasteiger partial charge in [0.15, 0.2) is 0 Å². The first-order valence-corrected chi connectivity index (χ1v) is 7.54. The zero-order valence-electron chi connectivity index (χ0n) is 11.1. The maximum Gasteiger partial charge on any atom is 0.265 e. The molecule has 1 amide bonds. The largest absolute Gasteiger partial charge is 0.383 e. The number of anilines is 1. The average Bonchev–Trinajstić information content (AvgIpc) is 2.79. The van der Waals surface area contributed by atoms with Crippen molar-refractivity contribution in [1.29, 1.82) is 0 Å². The molecule has 0 aliphatic carbocycles. The number of aromatic nitrogens is 1. The third-order valence-electron chi connectivity index (χ3n) is 2.65. The van der Waals surface area contributed by atoms with E-state index in [1.54, 1.807) is 19.4 Å². The Bertz CT molecular complexity index is 692. The molecule has 0 fully saturated rings. The van der Waals surface area contributed by atoms with Crippen LogP contribution in [0.3, 0.4) is 0 Å². The van der Waals surface area contributed by atoms with Crippen molar-refractivity contribution in [3.8, 4) is 0 Å². The van der Waals surface area contributed by atoms with Crippen molar-refractivity contribution in [3.05, 3.63) is 49.0 Å². The van der Waals surface area contributed by atoms with E-state index in [-0.39, 0.29) is 11.5 Å². The van der Waals surface area contributed by atoms with E-state index in [1.807, 2.05) is 0 Å². The van der Waals surface area contributed by atoms with Gasteiger partial charge in [-0.05, 0) is 12.1 Å². The van der Waals surface area contributed by atoms with Crippen LogP contribution < -0.4 is 10.9 Å². The number of nitrogens with zero attached hydrogens (tertiary/aromatic N) is 1. The molecule has 0 saturated heterocycles. The molecule has 8 heteroatoms. The van der Waals surface area contributed by atoms with Gasteiger partial charge in [0, 0.05) is 25.9 Å². The van der Waals surface area contributed by atoms with Gasteiger partial charge in [0.1, 0.15) is 4.34 Å². The van der Waals surface area contributed by atoms with Crippen molar-refractivity contribution < 1.29 is 9.53 Å². The Morgan fingerprint density at radius 1 is 1.43 bits per heavy atom. The quantitative estimate of drug-likeness (QED) is 0.904. The Labute approximate surface area is 135 Å². The molecule has 0 radical (unpaired) electrons. The summed E-state index contributed by atoms with van der Waals surface area (Å²) in [5.74, 6) is -0.328. The van der Waals surface area contributed by atoms with Crippen molar-refractivity contribution in [2.45, 2.75) is 6.54 Å². The second kappa shape index (κ2) is 7.09. The van der Waals surface area contributed by atoms with Gasteiger partial charge in [0.05, 0.1) is 22.2 Å². The molecular formula is C13H12Cl2N2O3S. The molecule has 0 saturated carbocycles. The zero-order chi connectivity index (χ0) is 15.4. The predicted octanol–water partition coefficient (Wildman–Crippen LogP) is 3.12. The van der Waals surface area contributed by atoms with Crippen LogP contribution >= 0.6 is 34.5 Å². The molecule has 21 heavy (non-hydrogen) atoms. The minimum absolute atomic E-state index is 0.160. The van der Waals surface area contributed by atoms with E-state index < -0.39 is 0 Å². The van der Waals surface area contributed by atoms with Crippen molar-refractivity contribution in [2.24, 2.45) is 0 Å². The summed E-state index contributed by atoms with van der Waals surface area (Å²) in [6.07, 6.45) is 1.57. The first-order chi connectivity index (χ1) is 10.0. The Balaban J connectivity index is 2.15. The summed E-state index contributed by atoms with van der Waals surface area (Å²) in [7, 11) is 1.56. The van der Waals surface area contributed by atoms with Crippen molar-refractivity contribution in [2.75, 3.05) is 19.0 Å². The van der Waals surface area contributed by atoms with Gasteiger partial charge in [-0.1, -0.05) is 23.2 Å². The number of carbonyl (C=O) groups is 1. The fourth-order valence-corrected chi connectivity index (χ4v) is 2.88. The molecule has 0 aromatic carbocycles. The third-order valence-corrected chi connectivity index (χ3v) is 4.51. The fraction of sp³-hybridized carbons (Fsp3) is 0.231. The van der Waals surface area contributed by atoms with Gasteiger partial charge >= 0.3 is 0 Å². The SMILES string of the molecule is COCCn1cc(NC(=O)c2cc(Cl)c(Cl)s2)ccc1=O. The van der Waals surface area contributed by atoms with Crippen LogP contribution in [-0.2, 0) is 11.3 Å². The van der Waals surface area contributed by atoms with Gasteiger partial charge in [-0.3, -0.25) is 9.59 Å². The number of thiophene rings is 1. The number of hydrogen-bond acceptors (Lipinski definition) is 4. The Morgan fingerprint density at radius 3 is 2.81 bits per heavy atom. The topological polar surface area (TPSA) is 60.3 Å². The second-order valence-electron chi connectivity index (χ2n) is 4.13. The second-order valence-corrected chi connectivity index (χ2v) is 6.19. The van der Waals surface area contributed by atoms with Crippen LogP contribution in [0, 0.1) is 0 Å². The van der Waals surface area contributed by atoms with Gasteiger partial charge in [-0.15, -0.1) is 11.3 Å². The highest BCUT2D eigenvalue weighted by atomic mass is 35.5. The molecule has 0 aliphatic heterocycles. The van der Waals surface area contributed by atoms with Crippen LogP contribution in [-0.4, -0.2) is 24.2 Å². The number of methoxy groups -OCH3 is 1. The summed E-state index contributed by atoms with van der Waals surface area (Å²) in [5, 5.41) is 3.04. The highest BCUT2D eigenvalue weighted by molar-refractivity contribution is 7.18. The lowest BCUT2D eigenvalue weighted by Gasteiger charge is -2.08. The van der Waals surface area contributed by atoms with Crippen LogP contribution in [0.25, 0.3) is 0 Å². The molecule has 0 bridgehead atoms. The normalized spacial score (nSPS) is 10.6. The van der Waals surface area contributed by atoms with E-state index >= 15 is 0 Å². The highest BCUT2D eigenvalue weighted by Gasteiger charge is 2.13. The number of hydrogen-bond donors (Lipinski definition) is 1. The fourth-order valence-electron chi connectivity index (χ4n) is 1.62. The molecular weight excluding hydrogens is 335 g/mol. The monoisotopic (exact) mass is 346 g/mol. The Kier molecular flexibility index (Phi) is 5.41. The molecule has 2 aromatic rings. The number of nitrogens with one attached hydrogen (secondary N) is 1. The van der Waals surface area contributed by atoms with Crippen molar-refractivity contribution in [3.63, 3.8) is 0 Å². The van der Waals surface area contributed by atoms with Gasteiger partial charge in [0.2, 0.25) is 0 Å². The molecule has 0 unspecified atom stereocenters. The van der Waals surface area contributed by atoms with E-state index in [0.717, 1.165) is 11.3 Å². The summed E-state index contributed by atoms with van der Waals surface area (Å²) in [4.78, 5) is 24.1. The first kappa shape index (κ1) is 16.0. The molecule has 0 aliphatic rings. The number of pyridine rings is 1. The number of rotatable bonds is 5. The zero-order valence-corrected chi connectivity index (χ0v) is 13.4. The minimum atomic E-state index is -0.328. The van der Waals surface area contributed by atoms with Crippen molar-refractivity contribution in [1.82, 2.24) is 4.57 Å². The van der Waals surface area contributed by atoms with Gasteiger partial charge in [-0.25, -0.2) is 0 Å². The molecule has 2 aromatic heterocycles. The Hall–Kier alpha value is -1.34. The summed E-state index contributed by atoms with van der Waals surface area (Å²) in [6.45, 7) is 0.823. The van der Waals surface area contributed by atoms with Crippen LogP contribution in [0.2, 0.25) is 9.36 Å². The van der Waals surface area contributed by atoms with E-state index in [4.69, 9.17) is 27.9 Å². The summed E-state index contributed by atoms with van der Waals surface area (Å²) >= 11 is 12.7. The lowest BCUT2D eigenvalue weighted by atomic mass is 10.3. The molecule has 1 N–H and O–H groups in total. The summed E-state index contributed by atoms with van der Waals surface area (Å²) in [6, 6.07) is 4.44. The number of halogens is 2. The maximum atomic E-state index is 12.1. The average molecular weight is 347 g/mol. The molecule has 112 valence electrons. The highest BCUT2D eigenvalue weighted by Crippen LogP contribution is 2.31. The van der Waals surface area contributed by atoms with E-state index in [2.05, 4.69) is 5.32 Å². The van der Waals surface area contributed by atoms with E-state index in [1.165, 1.54) is 16.7 Å². The first-order valence-electron chi connectivity index (χ1n) is 5.97. The molecule has 0 atom stereocenters. The van der Waals surface area contributed by atoms with E-state index in [0.29, 0.717) is 33.1 Å². The molecule has 0 spiro atoms. The number of amides is 1. The third kappa shape index (κ3) is 4.07. The van der Waals surface area contributed by atoms with Crippen molar-refractivity contribution >= 4 is 46.1 Å². The number of carbonyl (C=O) groups excluding carboxylic acids is 1. The predicted molar refractivity (Wildman–Crippen MR) is 84.9 cm³/mol. The van der Waals surface area contributed by atoms with Crippen LogP contribution in [0.15, 0.2) is 29.2 Å². The minimum Gasteiger partial charge on any atom is -0.383 e. The van der Waals surface area contributed by atoms with Crippen LogP contribution in [0.5, 0.6) is 0 Å². The van der Waals surface area contributed by atoms with Gasteiger partial charge in [-0.2, -0.15) is 0 Å². The maximum absolute atomic E-state index is 12.1. The van der Waals surface area contributed by atoms with E-state index in [9.17, 15) is 9.59 Å². The summed E-state index contributed by atoms with van der Waals surface area (Å²) < 4.78 is 6.77. The molecule has 5 nitrogen and oxygen atoms in total. The van der Waals surface area contributed by atoms with Crippen LogP contribution in [0.4, 0.5) is 5.69 Å². The standard InChI is InChI=1S/C13H12Cl2N2O3S/c1-20-5-4-17-7-8(2-3-11(17)18)16-13(19)10-6-9(14)12(15)21-10/h2-3,6-7H,4-5H2,1H3,(H,16,19). The smallest absolute Gasteiger partial charge is 0.265 e. The van der Waals surface area contributed by atoms with Gasteiger partial charge in [0.25, 0.3) is 11.5 Å².